The Hall–Kier alpha value is -1.65. The summed E-state index contributed by atoms with van der Waals surface area (Å²) in [7, 11) is 0. The third kappa shape index (κ3) is 2.69. The lowest BCUT2D eigenvalue weighted by Crippen LogP contribution is -2.37. The van der Waals surface area contributed by atoms with Gasteiger partial charge >= 0.3 is 0 Å². The molecular weight excluding hydrogens is 250 g/mol. The number of hydrogen-bond acceptors (Lipinski definition) is 2. The van der Waals surface area contributed by atoms with Crippen molar-refractivity contribution in [2.24, 2.45) is 11.8 Å². The van der Waals surface area contributed by atoms with Crippen molar-refractivity contribution in [3.05, 3.63) is 29.3 Å². The van der Waals surface area contributed by atoms with Gasteiger partial charge < -0.3 is 11.1 Å². The number of hydrogen-bond donors (Lipinski definition) is 2. The van der Waals surface area contributed by atoms with Crippen LogP contribution in [0, 0.1) is 23.5 Å². The van der Waals surface area contributed by atoms with E-state index in [9.17, 15) is 13.6 Å². The fourth-order valence-electron chi connectivity index (χ4n) is 2.54. The van der Waals surface area contributed by atoms with E-state index in [1.165, 1.54) is 0 Å². The largest absolute Gasteiger partial charge is 0.394 e. The van der Waals surface area contributed by atoms with Gasteiger partial charge in [-0.1, -0.05) is 13.8 Å². The highest BCUT2D eigenvalue weighted by atomic mass is 19.1. The average Bonchev–Trinajstić information content (AvgIpc) is 2.67. The average molecular weight is 268 g/mol. The second kappa shape index (κ2) is 5.15. The molecule has 0 saturated heterocycles. The van der Waals surface area contributed by atoms with E-state index in [4.69, 9.17) is 5.73 Å². The number of carbonyl (C=O) groups excluding carboxylic acids is 1. The van der Waals surface area contributed by atoms with Crippen LogP contribution in [0.4, 0.5) is 14.5 Å². The molecule has 1 amide bonds. The first-order valence-electron chi connectivity index (χ1n) is 6.45. The summed E-state index contributed by atoms with van der Waals surface area (Å²) >= 11 is 0. The van der Waals surface area contributed by atoms with Crippen LogP contribution >= 0.6 is 0 Å². The summed E-state index contributed by atoms with van der Waals surface area (Å²) in [5, 5.41) is 2.84. The first-order valence-corrected chi connectivity index (χ1v) is 6.45. The Kier molecular flexibility index (Phi) is 3.73. The number of anilines is 1. The maximum Gasteiger partial charge on any atom is 0.251 e. The van der Waals surface area contributed by atoms with Crippen LogP contribution in [0.3, 0.4) is 0 Å². The number of nitrogen functional groups attached to an aromatic ring is 1. The van der Waals surface area contributed by atoms with E-state index in [0.29, 0.717) is 11.8 Å². The quantitative estimate of drug-likeness (QED) is 0.810. The standard InChI is InChI=1S/C14H18F2N2O/c1-7-3-4-12(8(7)2)18-14(19)9-5-10(15)13(17)11(16)6-9/h5-8,12H,3-4,17H2,1-2H3,(H,18,19). The van der Waals surface area contributed by atoms with Gasteiger partial charge in [-0.2, -0.15) is 0 Å². The van der Waals surface area contributed by atoms with E-state index in [2.05, 4.69) is 19.2 Å². The molecule has 0 radical (unpaired) electrons. The van der Waals surface area contributed by atoms with Crippen molar-refractivity contribution in [2.75, 3.05) is 5.73 Å². The molecule has 1 aliphatic rings. The predicted octanol–water partition coefficient (Wildman–Crippen LogP) is 2.71. The minimum atomic E-state index is -0.905. The lowest BCUT2D eigenvalue weighted by molar-refractivity contribution is 0.0926. The Morgan fingerprint density at radius 1 is 1.26 bits per heavy atom. The Labute approximate surface area is 111 Å². The highest BCUT2D eigenvalue weighted by Crippen LogP contribution is 2.31. The molecule has 0 aromatic heterocycles. The summed E-state index contributed by atoms with van der Waals surface area (Å²) in [4.78, 5) is 12.0. The smallest absolute Gasteiger partial charge is 0.251 e. The number of amides is 1. The maximum absolute atomic E-state index is 13.3. The van der Waals surface area contributed by atoms with Crippen LogP contribution in [0.15, 0.2) is 12.1 Å². The zero-order chi connectivity index (χ0) is 14.2. The third-order valence-corrected chi connectivity index (χ3v) is 4.12. The Morgan fingerprint density at radius 3 is 2.32 bits per heavy atom. The van der Waals surface area contributed by atoms with Crippen molar-refractivity contribution in [2.45, 2.75) is 32.7 Å². The highest BCUT2D eigenvalue weighted by molar-refractivity contribution is 5.94. The highest BCUT2D eigenvalue weighted by Gasteiger charge is 2.31. The lowest BCUT2D eigenvalue weighted by Gasteiger charge is -2.19. The van der Waals surface area contributed by atoms with Crippen LogP contribution in [0.1, 0.15) is 37.0 Å². The van der Waals surface area contributed by atoms with Gasteiger partial charge in [0, 0.05) is 11.6 Å². The summed E-state index contributed by atoms with van der Waals surface area (Å²) < 4.78 is 26.6. The molecule has 19 heavy (non-hydrogen) atoms. The number of halogens is 2. The molecule has 1 aliphatic carbocycles. The minimum absolute atomic E-state index is 0.0315. The molecule has 3 nitrogen and oxygen atoms in total. The summed E-state index contributed by atoms with van der Waals surface area (Å²) in [5.74, 6) is -1.35. The molecule has 3 atom stereocenters. The van der Waals surface area contributed by atoms with E-state index in [0.717, 1.165) is 25.0 Å². The normalized spacial score (nSPS) is 26.4. The summed E-state index contributed by atoms with van der Waals surface area (Å²) in [6.07, 6.45) is 1.95. The molecule has 3 N–H and O–H groups in total. The van der Waals surface area contributed by atoms with Crippen LogP contribution in [0.2, 0.25) is 0 Å². The molecule has 0 spiro atoms. The molecule has 0 heterocycles. The van der Waals surface area contributed by atoms with Crippen molar-refractivity contribution in [1.29, 1.82) is 0 Å². The SMILES string of the molecule is CC1CCC(NC(=O)c2cc(F)c(N)c(F)c2)C1C. The van der Waals surface area contributed by atoms with E-state index in [1.54, 1.807) is 0 Å². The number of rotatable bonds is 2. The van der Waals surface area contributed by atoms with E-state index in [1.807, 2.05) is 0 Å². The molecule has 1 saturated carbocycles. The molecule has 1 aromatic carbocycles. The number of nitrogens with two attached hydrogens (primary N) is 1. The zero-order valence-corrected chi connectivity index (χ0v) is 11.0. The molecule has 1 aromatic rings. The van der Waals surface area contributed by atoms with Crippen molar-refractivity contribution < 1.29 is 13.6 Å². The van der Waals surface area contributed by atoms with E-state index < -0.39 is 23.2 Å². The second-order valence-electron chi connectivity index (χ2n) is 5.35. The molecule has 1 fully saturated rings. The molecule has 0 aliphatic heterocycles. The van der Waals surface area contributed by atoms with Gasteiger partial charge in [0.15, 0.2) is 0 Å². The van der Waals surface area contributed by atoms with Gasteiger partial charge in [0.25, 0.3) is 5.91 Å². The zero-order valence-electron chi connectivity index (χ0n) is 11.0. The van der Waals surface area contributed by atoms with Gasteiger partial charge in [0.2, 0.25) is 0 Å². The first-order chi connectivity index (χ1) is 8.90. The Bertz CT molecular complexity index is 481. The number of nitrogens with one attached hydrogen (secondary N) is 1. The van der Waals surface area contributed by atoms with Gasteiger partial charge in [-0.25, -0.2) is 8.78 Å². The molecule has 3 unspecified atom stereocenters. The first kappa shape index (κ1) is 13.8. The predicted molar refractivity (Wildman–Crippen MR) is 69.6 cm³/mol. The van der Waals surface area contributed by atoms with Crippen molar-refractivity contribution in [3.63, 3.8) is 0 Å². The molecular formula is C14H18F2N2O. The van der Waals surface area contributed by atoms with Gasteiger partial charge in [-0.3, -0.25) is 4.79 Å². The molecule has 0 bridgehead atoms. The Morgan fingerprint density at radius 2 is 1.84 bits per heavy atom. The summed E-state index contributed by atoms with van der Waals surface area (Å²) in [5.41, 5.74) is 4.59. The topological polar surface area (TPSA) is 55.1 Å². The monoisotopic (exact) mass is 268 g/mol. The summed E-state index contributed by atoms with van der Waals surface area (Å²) in [6, 6.07) is 2.00. The minimum Gasteiger partial charge on any atom is -0.394 e. The second-order valence-corrected chi connectivity index (χ2v) is 5.35. The van der Waals surface area contributed by atoms with Gasteiger partial charge in [0.05, 0.1) is 0 Å². The third-order valence-electron chi connectivity index (χ3n) is 4.12. The number of benzene rings is 1. The van der Waals surface area contributed by atoms with Crippen molar-refractivity contribution in [1.82, 2.24) is 5.32 Å². The molecule has 104 valence electrons. The lowest BCUT2D eigenvalue weighted by atomic mass is 9.97. The fraction of sp³-hybridized carbons (Fsp3) is 0.500. The maximum atomic E-state index is 13.3. The van der Waals surface area contributed by atoms with Crippen LogP contribution in [0.5, 0.6) is 0 Å². The van der Waals surface area contributed by atoms with Gasteiger partial charge in [-0.05, 0) is 36.8 Å². The van der Waals surface area contributed by atoms with Crippen LogP contribution in [-0.2, 0) is 0 Å². The van der Waals surface area contributed by atoms with Gasteiger partial charge in [-0.15, -0.1) is 0 Å². The van der Waals surface area contributed by atoms with Crippen LogP contribution in [0.25, 0.3) is 0 Å². The van der Waals surface area contributed by atoms with Crippen LogP contribution in [-0.4, -0.2) is 11.9 Å². The van der Waals surface area contributed by atoms with Crippen molar-refractivity contribution in [3.8, 4) is 0 Å². The Balaban J connectivity index is 2.13. The molecule has 5 heteroatoms. The van der Waals surface area contributed by atoms with E-state index in [-0.39, 0.29) is 11.6 Å². The summed E-state index contributed by atoms with van der Waals surface area (Å²) in [6.45, 7) is 4.21. The van der Waals surface area contributed by atoms with Gasteiger partial charge in [0.1, 0.15) is 17.3 Å². The van der Waals surface area contributed by atoms with E-state index >= 15 is 0 Å². The molecule has 2 rings (SSSR count). The number of carbonyl (C=O) groups is 1. The van der Waals surface area contributed by atoms with Crippen molar-refractivity contribution >= 4 is 11.6 Å². The fourth-order valence-corrected chi connectivity index (χ4v) is 2.54. The van der Waals surface area contributed by atoms with Crippen LogP contribution < -0.4 is 11.1 Å².